The molecule has 0 aliphatic carbocycles. The molecule has 30 heavy (non-hydrogen) atoms. The van der Waals surface area contributed by atoms with Crippen molar-refractivity contribution >= 4 is 51.6 Å². The second-order valence-corrected chi connectivity index (χ2v) is 7.90. The number of amides is 1. The minimum atomic E-state index is -0.424. The summed E-state index contributed by atoms with van der Waals surface area (Å²) in [4.78, 5) is 24.1. The Morgan fingerprint density at radius 2 is 1.83 bits per heavy atom. The van der Waals surface area contributed by atoms with Crippen LogP contribution in [0.3, 0.4) is 0 Å². The Morgan fingerprint density at radius 1 is 1.07 bits per heavy atom. The van der Waals surface area contributed by atoms with E-state index in [0.29, 0.717) is 33.5 Å². The highest BCUT2D eigenvalue weighted by Crippen LogP contribution is 2.40. The number of fused-ring (bicyclic) bond motifs is 1. The van der Waals surface area contributed by atoms with Gasteiger partial charge in [0.25, 0.3) is 0 Å². The van der Waals surface area contributed by atoms with Crippen LogP contribution in [0.2, 0.25) is 10.0 Å². The molecule has 0 spiro atoms. The van der Waals surface area contributed by atoms with Crippen LogP contribution in [0.25, 0.3) is 10.8 Å². The minimum Gasteiger partial charge on any atom is -0.425 e. The summed E-state index contributed by atoms with van der Waals surface area (Å²) in [6.07, 6.45) is 0.424. The molecule has 0 bridgehead atoms. The van der Waals surface area contributed by atoms with E-state index in [-0.39, 0.29) is 11.9 Å². The molecule has 1 amide bonds. The third-order valence-electron chi connectivity index (χ3n) is 4.99. The van der Waals surface area contributed by atoms with Gasteiger partial charge in [-0.2, -0.15) is 5.10 Å². The molecule has 0 saturated heterocycles. The first kappa shape index (κ1) is 20.4. The van der Waals surface area contributed by atoms with Crippen molar-refractivity contribution in [1.82, 2.24) is 5.01 Å². The van der Waals surface area contributed by atoms with Crippen LogP contribution in [0.4, 0.5) is 0 Å². The molecule has 4 rings (SSSR count). The molecule has 0 saturated carbocycles. The van der Waals surface area contributed by atoms with Gasteiger partial charge < -0.3 is 4.74 Å². The number of esters is 1. The van der Waals surface area contributed by atoms with E-state index in [4.69, 9.17) is 27.9 Å². The number of nitrogens with zero attached hydrogens (tertiary/aromatic N) is 2. The average molecular weight is 441 g/mol. The Kier molecular flexibility index (Phi) is 5.50. The van der Waals surface area contributed by atoms with Gasteiger partial charge in [0.05, 0.1) is 11.8 Å². The number of ether oxygens (including phenoxy) is 1. The zero-order chi connectivity index (χ0) is 21.4. The van der Waals surface area contributed by atoms with Gasteiger partial charge in [0.1, 0.15) is 5.75 Å². The van der Waals surface area contributed by atoms with Gasteiger partial charge >= 0.3 is 5.97 Å². The fraction of sp³-hybridized carbons (Fsp3) is 0.174. The van der Waals surface area contributed by atoms with Crippen molar-refractivity contribution in [2.75, 3.05) is 0 Å². The van der Waals surface area contributed by atoms with Crippen molar-refractivity contribution in [2.45, 2.75) is 26.3 Å². The van der Waals surface area contributed by atoms with Gasteiger partial charge in [0.2, 0.25) is 5.91 Å². The number of carbonyl (C=O) groups excluding carboxylic acids is 2. The summed E-state index contributed by atoms with van der Waals surface area (Å²) in [5, 5.41) is 8.71. The predicted molar refractivity (Wildman–Crippen MR) is 118 cm³/mol. The van der Waals surface area contributed by atoms with Crippen LogP contribution in [-0.4, -0.2) is 22.6 Å². The molecule has 1 aliphatic rings. The van der Waals surface area contributed by atoms with E-state index in [1.807, 2.05) is 36.4 Å². The standard InChI is InChI=1S/C23H18Cl2N2O3/c1-13(28)27-22(18-10-8-16(24)11-20(18)25)12-21(26-27)19-9-7-15-5-3-4-6-17(15)23(19)30-14(2)29/h3-11,22H,12H2,1-2H3/t22-/m0/s1. The molecule has 1 heterocycles. The summed E-state index contributed by atoms with van der Waals surface area (Å²) >= 11 is 12.4. The van der Waals surface area contributed by atoms with Crippen molar-refractivity contribution in [2.24, 2.45) is 5.10 Å². The summed E-state index contributed by atoms with van der Waals surface area (Å²) in [5.41, 5.74) is 2.07. The number of hydrogen-bond donors (Lipinski definition) is 0. The maximum atomic E-state index is 12.3. The van der Waals surface area contributed by atoms with E-state index in [2.05, 4.69) is 5.10 Å². The Bertz CT molecular complexity index is 1210. The molecule has 5 nitrogen and oxygen atoms in total. The Hall–Kier alpha value is -2.89. The molecule has 3 aromatic carbocycles. The van der Waals surface area contributed by atoms with E-state index >= 15 is 0 Å². The fourth-order valence-corrected chi connectivity index (χ4v) is 4.24. The minimum absolute atomic E-state index is 0.212. The number of hydrazone groups is 1. The molecule has 0 fully saturated rings. The first-order valence-corrected chi connectivity index (χ1v) is 10.1. The largest absolute Gasteiger partial charge is 0.425 e. The lowest BCUT2D eigenvalue weighted by atomic mass is 9.96. The zero-order valence-electron chi connectivity index (χ0n) is 16.4. The van der Waals surface area contributed by atoms with Crippen LogP contribution in [0.5, 0.6) is 5.75 Å². The van der Waals surface area contributed by atoms with Crippen molar-refractivity contribution in [3.05, 3.63) is 75.8 Å². The van der Waals surface area contributed by atoms with E-state index in [9.17, 15) is 9.59 Å². The maximum Gasteiger partial charge on any atom is 0.308 e. The van der Waals surface area contributed by atoms with Gasteiger partial charge in [0.15, 0.2) is 0 Å². The lowest BCUT2D eigenvalue weighted by Gasteiger charge is -2.21. The zero-order valence-corrected chi connectivity index (χ0v) is 17.9. The van der Waals surface area contributed by atoms with Gasteiger partial charge in [-0.25, -0.2) is 5.01 Å². The van der Waals surface area contributed by atoms with E-state index in [1.165, 1.54) is 18.9 Å². The van der Waals surface area contributed by atoms with Crippen LogP contribution < -0.4 is 4.74 Å². The van der Waals surface area contributed by atoms with Crippen LogP contribution in [0.1, 0.15) is 37.4 Å². The lowest BCUT2D eigenvalue weighted by molar-refractivity contribution is -0.132. The quantitative estimate of drug-likeness (QED) is 0.383. The van der Waals surface area contributed by atoms with Crippen molar-refractivity contribution in [3.63, 3.8) is 0 Å². The Labute approximate surface area is 183 Å². The third-order valence-corrected chi connectivity index (χ3v) is 5.55. The van der Waals surface area contributed by atoms with E-state index in [1.54, 1.807) is 18.2 Å². The molecule has 0 unspecified atom stereocenters. The molecule has 0 radical (unpaired) electrons. The van der Waals surface area contributed by atoms with Gasteiger partial charge in [-0.15, -0.1) is 0 Å². The summed E-state index contributed by atoms with van der Waals surface area (Å²) in [7, 11) is 0. The van der Waals surface area contributed by atoms with Gasteiger partial charge in [0, 0.05) is 41.3 Å². The molecule has 7 heteroatoms. The number of carbonyl (C=O) groups is 2. The monoisotopic (exact) mass is 440 g/mol. The first-order chi connectivity index (χ1) is 14.3. The van der Waals surface area contributed by atoms with Crippen LogP contribution in [-0.2, 0) is 9.59 Å². The molecule has 3 aromatic rings. The summed E-state index contributed by atoms with van der Waals surface area (Å²) in [6.45, 7) is 2.82. The van der Waals surface area contributed by atoms with Crippen molar-refractivity contribution < 1.29 is 14.3 Å². The second-order valence-electron chi connectivity index (χ2n) is 7.05. The Balaban J connectivity index is 1.82. The SMILES string of the molecule is CC(=O)Oc1c(C2=NN(C(C)=O)[C@H](c3ccc(Cl)cc3Cl)C2)ccc2ccccc12. The highest BCUT2D eigenvalue weighted by molar-refractivity contribution is 6.35. The number of hydrogen-bond acceptors (Lipinski definition) is 4. The molecular formula is C23H18Cl2N2O3. The average Bonchev–Trinajstić information content (AvgIpc) is 3.13. The number of rotatable bonds is 3. The van der Waals surface area contributed by atoms with E-state index in [0.717, 1.165) is 16.3 Å². The lowest BCUT2D eigenvalue weighted by Crippen LogP contribution is -2.24. The van der Waals surface area contributed by atoms with Crippen LogP contribution >= 0.6 is 23.2 Å². The Morgan fingerprint density at radius 3 is 2.53 bits per heavy atom. The fourth-order valence-electron chi connectivity index (χ4n) is 3.70. The smallest absolute Gasteiger partial charge is 0.308 e. The van der Waals surface area contributed by atoms with Crippen LogP contribution in [0, 0.1) is 0 Å². The molecule has 1 atom stereocenters. The molecule has 0 N–H and O–H groups in total. The predicted octanol–water partition coefficient (Wildman–Crippen LogP) is 5.77. The van der Waals surface area contributed by atoms with Gasteiger partial charge in [-0.3, -0.25) is 9.59 Å². The van der Waals surface area contributed by atoms with Crippen molar-refractivity contribution in [3.8, 4) is 5.75 Å². The van der Waals surface area contributed by atoms with E-state index < -0.39 is 5.97 Å². The normalized spacial score (nSPS) is 15.9. The molecule has 0 aromatic heterocycles. The van der Waals surface area contributed by atoms with Gasteiger partial charge in [-0.1, -0.05) is 59.6 Å². The summed E-state index contributed by atoms with van der Waals surface area (Å²) in [6, 6.07) is 16.3. The maximum absolute atomic E-state index is 12.3. The molecular weight excluding hydrogens is 423 g/mol. The molecule has 152 valence electrons. The topological polar surface area (TPSA) is 59.0 Å². The number of benzene rings is 3. The van der Waals surface area contributed by atoms with Crippen LogP contribution in [0.15, 0.2) is 59.7 Å². The summed E-state index contributed by atoms with van der Waals surface area (Å²) in [5.74, 6) is -0.200. The molecule has 1 aliphatic heterocycles. The first-order valence-electron chi connectivity index (χ1n) is 9.38. The second kappa shape index (κ2) is 8.09. The highest BCUT2D eigenvalue weighted by Gasteiger charge is 2.34. The number of halogens is 2. The summed E-state index contributed by atoms with van der Waals surface area (Å²) < 4.78 is 5.58. The third kappa shape index (κ3) is 3.78. The van der Waals surface area contributed by atoms with Crippen molar-refractivity contribution in [1.29, 1.82) is 0 Å². The highest BCUT2D eigenvalue weighted by atomic mass is 35.5. The van der Waals surface area contributed by atoms with Gasteiger partial charge in [-0.05, 0) is 29.1 Å².